The molecule has 0 spiro atoms. The first-order valence-electron chi connectivity index (χ1n) is 9.57. The van der Waals surface area contributed by atoms with Crippen molar-refractivity contribution in [1.29, 1.82) is 0 Å². The van der Waals surface area contributed by atoms with Crippen LogP contribution in [0.15, 0.2) is 63.7 Å². The van der Waals surface area contributed by atoms with Crippen LogP contribution in [-0.2, 0) is 0 Å². The molecule has 0 fully saturated rings. The van der Waals surface area contributed by atoms with Crippen molar-refractivity contribution in [2.24, 2.45) is 0 Å². The summed E-state index contributed by atoms with van der Waals surface area (Å²) in [7, 11) is 0. The molecule has 2 aromatic carbocycles. The third-order valence-corrected chi connectivity index (χ3v) is 5.70. The molecule has 1 aliphatic carbocycles. The first-order chi connectivity index (χ1) is 14.0. The summed E-state index contributed by atoms with van der Waals surface area (Å²) in [5.74, 6) is 0.0384. The number of rotatable bonds is 2. The second kappa shape index (κ2) is 6.17. The van der Waals surface area contributed by atoms with Crippen molar-refractivity contribution in [2.75, 3.05) is 5.32 Å². The standard InChI is InChI=1S/C23H19N3O3/c1-11(2)12-7-9-13(10-8-12)16-17-19(14-5-3-4-6-15(14)20(17)27)24-21-18(16)22(28)26-23(29)25-21/h3-11,16H,1-2H3,(H3,24,25,26,28,29). The molecule has 0 amide bonds. The van der Waals surface area contributed by atoms with Crippen molar-refractivity contribution in [2.45, 2.75) is 25.7 Å². The number of allylic oxidation sites excluding steroid dienone is 1. The van der Waals surface area contributed by atoms with E-state index in [9.17, 15) is 14.4 Å². The maximum atomic E-state index is 13.3. The minimum Gasteiger partial charge on any atom is -0.340 e. The Hall–Kier alpha value is -3.67. The molecule has 6 heteroatoms. The molecule has 3 N–H and O–H groups in total. The summed E-state index contributed by atoms with van der Waals surface area (Å²) < 4.78 is 0. The Morgan fingerprint density at radius 1 is 0.862 bits per heavy atom. The third kappa shape index (κ3) is 2.52. The minimum atomic E-state index is -0.586. The number of benzene rings is 2. The average molecular weight is 385 g/mol. The predicted octanol–water partition coefficient (Wildman–Crippen LogP) is 3.35. The molecule has 3 aromatic rings. The summed E-state index contributed by atoms with van der Waals surface area (Å²) in [6.45, 7) is 4.23. The number of nitrogens with one attached hydrogen (secondary N) is 3. The lowest BCUT2D eigenvalue weighted by molar-refractivity contribution is 0.103. The number of hydrogen-bond donors (Lipinski definition) is 3. The van der Waals surface area contributed by atoms with Crippen molar-refractivity contribution in [3.8, 4) is 0 Å². The Morgan fingerprint density at radius 3 is 2.24 bits per heavy atom. The van der Waals surface area contributed by atoms with Gasteiger partial charge in [-0.3, -0.25) is 19.6 Å². The topological polar surface area (TPSA) is 94.8 Å². The first kappa shape index (κ1) is 17.4. The maximum Gasteiger partial charge on any atom is 0.327 e. The van der Waals surface area contributed by atoms with E-state index in [1.807, 2.05) is 42.5 Å². The third-order valence-electron chi connectivity index (χ3n) is 5.70. The van der Waals surface area contributed by atoms with Gasteiger partial charge in [-0.15, -0.1) is 0 Å². The Morgan fingerprint density at radius 2 is 1.55 bits per heavy atom. The SMILES string of the molecule is CC(C)c1ccc(C2C3=C(Nc4[nH]c(=O)[nH]c(=O)c42)c2ccccc2C3=O)cc1. The van der Waals surface area contributed by atoms with Crippen LogP contribution < -0.4 is 16.6 Å². The van der Waals surface area contributed by atoms with Gasteiger partial charge < -0.3 is 5.32 Å². The van der Waals surface area contributed by atoms with Gasteiger partial charge in [0.05, 0.1) is 11.3 Å². The molecular weight excluding hydrogens is 366 g/mol. The minimum absolute atomic E-state index is 0.0997. The zero-order valence-corrected chi connectivity index (χ0v) is 16.0. The molecule has 0 radical (unpaired) electrons. The smallest absolute Gasteiger partial charge is 0.327 e. The molecule has 1 aliphatic heterocycles. The van der Waals surface area contributed by atoms with E-state index in [0.717, 1.165) is 11.1 Å². The van der Waals surface area contributed by atoms with E-state index < -0.39 is 17.2 Å². The van der Waals surface area contributed by atoms with Gasteiger partial charge >= 0.3 is 5.69 Å². The van der Waals surface area contributed by atoms with Gasteiger partial charge in [-0.1, -0.05) is 62.4 Å². The van der Waals surface area contributed by atoms with Crippen molar-refractivity contribution in [3.05, 3.63) is 103 Å². The number of fused-ring (bicyclic) bond motifs is 3. The van der Waals surface area contributed by atoms with Crippen molar-refractivity contribution in [3.63, 3.8) is 0 Å². The molecule has 2 aliphatic rings. The van der Waals surface area contributed by atoms with Crippen LogP contribution in [0.4, 0.5) is 5.82 Å². The quantitative estimate of drug-likeness (QED) is 0.630. The average Bonchev–Trinajstić information content (AvgIpc) is 2.99. The largest absolute Gasteiger partial charge is 0.340 e. The highest BCUT2D eigenvalue weighted by atomic mass is 16.2. The number of hydrogen-bond acceptors (Lipinski definition) is 4. The number of aromatic amines is 2. The first-order valence-corrected chi connectivity index (χ1v) is 9.57. The van der Waals surface area contributed by atoms with E-state index in [-0.39, 0.29) is 5.78 Å². The number of anilines is 1. The second-order valence-electron chi connectivity index (χ2n) is 7.74. The van der Waals surface area contributed by atoms with Gasteiger partial charge in [0, 0.05) is 22.6 Å². The fraction of sp³-hybridized carbons (Fsp3) is 0.174. The molecule has 5 rings (SSSR count). The molecule has 144 valence electrons. The number of ketones is 1. The molecule has 1 atom stereocenters. The van der Waals surface area contributed by atoms with Crippen LogP contribution in [0.5, 0.6) is 0 Å². The lowest BCUT2D eigenvalue weighted by Crippen LogP contribution is -2.33. The number of Topliss-reactive ketones (excluding diaryl/α,β-unsaturated/α-hetero) is 1. The van der Waals surface area contributed by atoms with Crippen LogP contribution in [0.25, 0.3) is 5.70 Å². The van der Waals surface area contributed by atoms with Gasteiger partial charge in [0.1, 0.15) is 5.82 Å². The highest BCUT2D eigenvalue weighted by molar-refractivity contribution is 6.23. The molecule has 1 aromatic heterocycles. The van der Waals surface area contributed by atoms with E-state index in [1.54, 1.807) is 6.07 Å². The monoisotopic (exact) mass is 385 g/mol. The van der Waals surface area contributed by atoms with Gasteiger partial charge in [-0.05, 0) is 17.0 Å². The van der Waals surface area contributed by atoms with E-state index >= 15 is 0 Å². The number of aromatic nitrogens is 2. The summed E-state index contributed by atoms with van der Waals surface area (Å²) in [4.78, 5) is 42.9. The van der Waals surface area contributed by atoms with Gasteiger partial charge in [0.2, 0.25) is 0 Å². The van der Waals surface area contributed by atoms with Crippen molar-refractivity contribution < 1.29 is 4.79 Å². The van der Waals surface area contributed by atoms with Gasteiger partial charge in [0.25, 0.3) is 5.56 Å². The van der Waals surface area contributed by atoms with Crippen LogP contribution in [0, 0.1) is 0 Å². The zero-order valence-electron chi connectivity index (χ0n) is 16.0. The summed E-state index contributed by atoms with van der Waals surface area (Å²) in [5.41, 5.74) is 3.84. The van der Waals surface area contributed by atoms with Crippen molar-refractivity contribution >= 4 is 17.3 Å². The van der Waals surface area contributed by atoms with Crippen LogP contribution in [0.1, 0.15) is 58.3 Å². The van der Waals surface area contributed by atoms with E-state index in [1.165, 1.54) is 5.56 Å². The highest BCUT2D eigenvalue weighted by Crippen LogP contribution is 2.47. The van der Waals surface area contributed by atoms with Crippen LogP contribution in [-0.4, -0.2) is 15.8 Å². The van der Waals surface area contributed by atoms with Gasteiger partial charge in [-0.25, -0.2) is 4.79 Å². The van der Waals surface area contributed by atoms with Crippen molar-refractivity contribution in [1.82, 2.24) is 9.97 Å². The Kier molecular flexibility index (Phi) is 3.71. The maximum absolute atomic E-state index is 13.3. The molecule has 0 saturated carbocycles. The lowest BCUT2D eigenvalue weighted by atomic mass is 9.81. The molecule has 0 bridgehead atoms. The van der Waals surface area contributed by atoms with E-state index in [2.05, 4.69) is 29.1 Å². The van der Waals surface area contributed by atoms with E-state index in [0.29, 0.717) is 34.1 Å². The van der Waals surface area contributed by atoms with Gasteiger partial charge in [0.15, 0.2) is 5.78 Å². The summed E-state index contributed by atoms with van der Waals surface area (Å²) in [5, 5.41) is 3.14. The fourth-order valence-electron chi connectivity index (χ4n) is 4.26. The Balaban J connectivity index is 1.78. The molecule has 0 saturated heterocycles. The van der Waals surface area contributed by atoms with E-state index in [4.69, 9.17) is 0 Å². The van der Waals surface area contributed by atoms with Crippen LogP contribution in [0.2, 0.25) is 0 Å². The highest BCUT2D eigenvalue weighted by Gasteiger charge is 2.41. The summed E-state index contributed by atoms with van der Waals surface area (Å²) in [6, 6.07) is 15.3. The van der Waals surface area contributed by atoms with Gasteiger partial charge in [-0.2, -0.15) is 0 Å². The summed E-state index contributed by atoms with van der Waals surface area (Å²) >= 11 is 0. The Labute approximate surface area is 166 Å². The molecule has 1 unspecified atom stereocenters. The summed E-state index contributed by atoms with van der Waals surface area (Å²) in [6.07, 6.45) is 0. The Bertz CT molecular complexity index is 1310. The second-order valence-corrected chi connectivity index (χ2v) is 7.74. The lowest BCUT2D eigenvalue weighted by Gasteiger charge is -2.27. The zero-order chi connectivity index (χ0) is 20.3. The number of H-pyrrole nitrogens is 2. The fourth-order valence-corrected chi connectivity index (χ4v) is 4.26. The molecular formula is C23H19N3O3. The van der Waals surface area contributed by atoms with Crippen LogP contribution in [0.3, 0.4) is 0 Å². The normalized spacial score (nSPS) is 17.1. The van der Waals surface area contributed by atoms with Crippen LogP contribution >= 0.6 is 0 Å². The predicted molar refractivity (Wildman–Crippen MR) is 111 cm³/mol. The molecule has 6 nitrogen and oxygen atoms in total. The molecule has 2 heterocycles. The number of carbonyl (C=O) groups excluding carboxylic acids is 1. The molecule has 29 heavy (non-hydrogen) atoms. The number of carbonyl (C=O) groups is 1.